The molecular formula is C8H15NS. The van der Waals surface area contributed by atoms with E-state index in [2.05, 4.69) is 24.2 Å². The van der Waals surface area contributed by atoms with Crippen LogP contribution in [0.5, 0.6) is 0 Å². The topological polar surface area (TPSA) is 12.4 Å². The van der Waals surface area contributed by atoms with Crippen LogP contribution in [0.1, 0.15) is 19.3 Å². The van der Waals surface area contributed by atoms with Gasteiger partial charge in [-0.2, -0.15) is 12.6 Å². The van der Waals surface area contributed by atoms with Crippen LogP contribution in [0.15, 0.2) is 17.6 Å². The Hall–Kier alpha value is -0.240. The first-order chi connectivity index (χ1) is 4.91. The predicted octanol–water partition coefficient (Wildman–Crippen LogP) is 2.34. The molecular weight excluding hydrogens is 142 g/mol. The summed E-state index contributed by atoms with van der Waals surface area (Å²) in [4.78, 5) is 4.09. The zero-order valence-electron chi connectivity index (χ0n) is 6.29. The van der Waals surface area contributed by atoms with Crippen molar-refractivity contribution < 1.29 is 0 Å². The Morgan fingerprint density at radius 2 is 2.20 bits per heavy atom. The third-order valence-corrected chi connectivity index (χ3v) is 1.42. The van der Waals surface area contributed by atoms with E-state index in [9.17, 15) is 0 Å². The van der Waals surface area contributed by atoms with E-state index >= 15 is 0 Å². The molecule has 0 fully saturated rings. The van der Waals surface area contributed by atoms with E-state index in [0.717, 1.165) is 18.7 Å². The summed E-state index contributed by atoms with van der Waals surface area (Å²) in [6, 6.07) is 0. The molecule has 0 aromatic carbocycles. The Morgan fingerprint density at radius 1 is 1.40 bits per heavy atom. The lowest BCUT2D eigenvalue weighted by molar-refractivity contribution is 0.852. The standard InChI is InChI=1S/C8H15NS/c1-2-6-9-7-4-3-5-8-10/h2,7,10H,1,3-6,8H2. The third kappa shape index (κ3) is 7.76. The predicted molar refractivity (Wildman–Crippen MR) is 51.3 cm³/mol. The van der Waals surface area contributed by atoms with Crippen LogP contribution in [0.4, 0.5) is 0 Å². The molecule has 0 radical (unpaired) electrons. The first kappa shape index (κ1) is 9.76. The molecule has 0 heterocycles. The van der Waals surface area contributed by atoms with Crippen LogP contribution in [0.3, 0.4) is 0 Å². The summed E-state index contributed by atoms with van der Waals surface area (Å²) in [5, 5.41) is 0. The van der Waals surface area contributed by atoms with Gasteiger partial charge in [0.05, 0.1) is 6.54 Å². The Bertz CT molecular complexity index is 99.4. The summed E-state index contributed by atoms with van der Waals surface area (Å²) in [6.45, 7) is 4.32. The molecule has 0 aliphatic heterocycles. The van der Waals surface area contributed by atoms with E-state index in [-0.39, 0.29) is 0 Å². The molecule has 0 spiro atoms. The summed E-state index contributed by atoms with van der Waals surface area (Å²) in [7, 11) is 0. The van der Waals surface area contributed by atoms with Crippen LogP contribution in [0.2, 0.25) is 0 Å². The van der Waals surface area contributed by atoms with Gasteiger partial charge in [-0.15, -0.1) is 6.58 Å². The maximum atomic E-state index is 4.10. The molecule has 58 valence electrons. The monoisotopic (exact) mass is 157 g/mol. The van der Waals surface area contributed by atoms with Crippen molar-refractivity contribution in [1.29, 1.82) is 0 Å². The van der Waals surface area contributed by atoms with E-state index in [1.807, 2.05) is 6.21 Å². The van der Waals surface area contributed by atoms with Crippen LogP contribution in [0.25, 0.3) is 0 Å². The lowest BCUT2D eigenvalue weighted by Crippen LogP contribution is -1.80. The second-order valence-electron chi connectivity index (χ2n) is 2.06. The van der Waals surface area contributed by atoms with Gasteiger partial charge in [0, 0.05) is 0 Å². The molecule has 0 saturated heterocycles. The number of rotatable bonds is 6. The molecule has 0 amide bonds. The minimum absolute atomic E-state index is 0.751. The van der Waals surface area contributed by atoms with Crippen LogP contribution < -0.4 is 0 Å². The van der Waals surface area contributed by atoms with Gasteiger partial charge in [0.2, 0.25) is 0 Å². The number of nitrogens with zero attached hydrogens (tertiary/aromatic N) is 1. The average Bonchev–Trinajstić information content (AvgIpc) is 1.97. The molecule has 0 rings (SSSR count). The lowest BCUT2D eigenvalue weighted by atomic mass is 10.3. The number of unbranched alkanes of at least 4 members (excludes halogenated alkanes) is 2. The van der Waals surface area contributed by atoms with Crippen molar-refractivity contribution in [2.24, 2.45) is 4.99 Å². The first-order valence-electron chi connectivity index (χ1n) is 3.62. The number of thiol groups is 1. The van der Waals surface area contributed by atoms with Crippen LogP contribution in [-0.4, -0.2) is 18.5 Å². The summed E-state index contributed by atoms with van der Waals surface area (Å²) in [5.41, 5.74) is 0. The fourth-order valence-electron chi connectivity index (χ4n) is 0.588. The highest BCUT2D eigenvalue weighted by molar-refractivity contribution is 7.80. The largest absolute Gasteiger partial charge is 0.293 e. The fraction of sp³-hybridized carbons (Fsp3) is 0.625. The summed E-state index contributed by atoms with van der Waals surface area (Å²) < 4.78 is 0. The van der Waals surface area contributed by atoms with Gasteiger partial charge < -0.3 is 0 Å². The van der Waals surface area contributed by atoms with Crippen molar-refractivity contribution >= 4 is 18.8 Å². The summed E-state index contributed by atoms with van der Waals surface area (Å²) in [5.74, 6) is 0.981. The quantitative estimate of drug-likeness (QED) is 0.263. The molecule has 2 heteroatoms. The molecule has 0 N–H and O–H groups in total. The second kappa shape index (κ2) is 8.76. The van der Waals surface area contributed by atoms with Crippen molar-refractivity contribution in [3.63, 3.8) is 0 Å². The van der Waals surface area contributed by atoms with Gasteiger partial charge in [-0.25, -0.2) is 0 Å². The maximum absolute atomic E-state index is 4.10. The molecule has 0 atom stereocenters. The molecule has 0 bridgehead atoms. The van der Waals surface area contributed by atoms with Crippen molar-refractivity contribution in [3.05, 3.63) is 12.7 Å². The van der Waals surface area contributed by atoms with E-state index in [0.29, 0.717) is 0 Å². The Morgan fingerprint density at radius 3 is 2.80 bits per heavy atom. The van der Waals surface area contributed by atoms with E-state index < -0.39 is 0 Å². The molecule has 1 nitrogen and oxygen atoms in total. The number of hydrogen-bond acceptors (Lipinski definition) is 2. The smallest absolute Gasteiger partial charge is 0.0563 e. The normalized spacial score (nSPS) is 10.5. The van der Waals surface area contributed by atoms with E-state index in [1.54, 1.807) is 6.08 Å². The Balaban J connectivity index is 2.94. The minimum atomic E-state index is 0.751. The van der Waals surface area contributed by atoms with E-state index in [1.165, 1.54) is 12.8 Å². The van der Waals surface area contributed by atoms with E-state index in [4.69, 9.17) is 0 Å². The Kier molecular flexibility index (Phi) is 8.55. The van der Waals surface area contributed by atoms with Gasteiger partial charge in [-0.3, -0.25) is 4.99 Å². The van der Waals surface area contributed by atoms with Crippen molar-refractivity contribution in [3.8, 4) is 0 Å². The fourth-order valence-corrected chi connectivity index (χ4v) is 0.811. The minimum Gasteiger partial charge on any atom is -0.293 e. The molecule has 0 aliphatic rings. The van der Waals surface area contributed by atoms with Gasteiger partial charge in [-0.1, -0.05) is 6.08 Å². The molecule has 10 heavy (non-hydrogen) atoms. The van der Waals surface area contributed by atoms with Crippen LogP contribution >= 0.6 is 12.6 Å². The SMILES string of the molecule is C=CCN=CCCCCS. The lowest BCUT2D eigenvalue weighted by Gasteiger charge is -1.89. The van der Waals surface area contributed by atoms with Crippen LogP contribution in [0, 0.1) is 0 Å². The van der Waals surface area contributed by atoms with Gasteiger partial charge in [0.25, 0.3) is 0 Å². The van der Waals surface area contributed by atoms with Crippen molar-refractivity contribution in [2.45, 2.75) is 19.3 Å². The molecule has 0 unspecified atom stereocenters. The highest BCUT2D eigenvalue weighted by Gasteiger charge is 1.80. The van der Waals surface area contributed by atoms with Gasteiger partial charge in [0.15, 0.2) is 0 Å². The summed E-state index contributed by atoms with van der Waals surface area (Å²) in [6.07, 6.45) is 7.22. The highest BCUT2D eigenvalue weighted by Crippen LogP contribution is 1.93. The first-order valence-corrected chi connectivity index (χ1v) is 4.25. The number of hydrogen-bond donors (Lipinski definition) is 1. The van der Waals surface area contributed by atoms with Gasteiger partial charge in [0.1, 0.15) is 0 Å². The number of aliphatic imine (C=N–C) groups is 1. The highest BCUT2D eigenvalue weighted by atomic mass is 32.1. The molecule has 0 aromatic heterocycles. The average molecular weight is 157 g/mol. The van der Waals surface area contributed by atoms with Crippen molar-refractivity contribution in [1.82, 2.24) is 0 Å². The molecule has 0 saturated carbocycles. The zero-order chi connectivity index (χ0) is 7.66. The second-order valence-corrected chi connectivity index (χ2v) is 2.50. The van der Waals surface area contributed by atoms with Gasteiger partial charge in [-0.05, 0) is 31.2 Å². The van der Waals surface area contributed by atoms with Gasteiger partial charge >= 0.3 is 0 Å². The van der Waals surface area contributed by atoms with Crippen LogP contribution in [-0.2, 0) is 0 Å². The molecule has 0 aliphatic carbocycles. The third-order valence-electron chi connectivity index (χ3n) is 1.10. The molecule has 0 aromatic rings. The summed E-state index contributed by atoms with van der Waals surface area (Å²) >= 11 is 4.10. The Labute approximate surface area is 68.7 Å². The maximum Gasteiger partial charge on any atom is 0.0563 e. The zero-order valence-corrected chi connectivity index (χ0v) is 7.19. The van der Waals surface area contributed by atoms with Crippen molar-refractivity contribution in [2.75, 3.05) is 12.3 Å².